The highest BCUT2D eigenvalue weighted by molar-refractivity contribution is 5.95. The minimum atomic E-state index is -1.07. The van der Waals surface area contributed by atoms with Gasteiger partial charge in [0.05, 0.1) is 25.9 Å². The molecule has 1 aromatic rings. The molecule has 2 atom stereocenters. The van der Waals surface area contributed by atoms with Crippen LogP contribution in [0.1, 0.15) is 31.1 Å². The highest BCUT2D eigenvalue weighted by Gasteiger charge is 2.33. The van der Waals surface area contributed by atoms with E-state index in [-0.39, 0.29) is 18.6 Å². The van der Waals surface area contributed by atoms with Crippen molar-refractivity contribution in [3.63, 3.8) is 0 Å². The van der Waals surface area contributed by atoms with Gasteiger partial charge < -0.3 is 24.2 Å². The molecule has 2 rings (SSSR count). The first-order valence-electron chi connectivity index (χ1n) is 8.03. The van der Waals surface area contributed by atoms with Gasteiger partial charge >= 0.3 is 5.97 Å². The predicted octanol–water partition coefficient (Wildman–Crippen LogP) is 1.80. The summed E-state index contributed by atoms with van der Waals surface area (Å²) in [5.41, 5.74) is 0.431. The maximum atomic E-state index is 12.7. The quantitative estimate of drug-likeness (QED) is 0.852. The smallest absolute Gasteiger partial charge is 0.334 e. The molecule has 1 fully saturated rings. The van der Waals surface area contributed by atoms with E-state index < -0.39 is 12.1 Å². The molecule has 0 aromatic heterocycles. The maximum Gasteiger partial charge on any atom is 0.334 e. The molecule has 0 aliphatic carbocycles. The van der Waals surface area contributed by atoms with Crippen molar-refractivity contribution < 1.29 is 28.9 Å². The second kappa shape index (κ2) is 8.01. The lowest BCUT2D eigenvalue weighted by Gasteiger charge is -2.35. The largest absolute Gasteiger partial charge is 0.490 e. The van der Waals surface area contributed by atoms with E-state index in [1.165, 1.54) is 4.90 Å². The van der Waals surface area contributed by atoms with Gasteiger partial charge in [0.25, 0.3) is 5.91 Å². The van der Waals surface area contributed by atoms with Crippen LogP contribution in [0.4, 0.5) is 0 Å². The van der Waals surface area contributed by atoms with Crippen LogP contribution in [0.15, 0.2) is 18.2 Å². The molecular formula is C17H23NO6. The van der Waals surface area contributed by atoms with Gasteiger partial charge in [-0.2, -0.15) is 0 Å². The second-order valence-electron chi connectivity index (χ2n) is 5.51. The SMILES string of the molecule is CCOc1ccc(C(=O)N2CC(C(=O)O)O[C@H](C)C2)cc1OCC. The van der Waals surface area contributed by atoms with Crippen molar-refractivity contribution in [3.8, 4) is 11.5 Å². The molecule has 0 saturated carbocycles. The predicted molar refractivity (Wildman–Crippen MR) is 86.7 cm³/mol. The number of carboxylic acids is 1. The Morgan fingerprint density at radius 3 is 2.50 bits per heavy atom. The van der Waals surface area contributed by atoms with Crippen molar-refractivity contribution in [1.29, 1.82) is 0 Å². The Bertz CT molecular complexity index is 603. The third-order valence-corrected chi connectivity index (χ3v) is 3.61. The Kier molecular flexibility index (Phi) is 6.03. The molecule has 0 bridgehead atoms. The van der Waals surface area contributed by atoms with Crippen LogP contribution in [0.5, 0.6) is 11.5 Å². The van der Waals surface area contributed by atoms with E-state index in [1.54, 1.807) is 25.1 Å². The van der Waals surface area contributed by atoms with Crippen LogP contribution >= 0.6 is 0 Å². The fourth-order valence-electron chi connectivity index (χ4n) is 2.62. The third kappa shape index (κ3) is 4.17. The number of carboxylic acid groups (broad SMARTS) is 1. The van der Waals surface area contributed by atoms with Crippen molar-refractivity contribution in [3.05, 3.63) is 23.8 Å². The Hall–Kier alpha value is -2.28. The van der Waals surface area contributed by atoms with Crippen molar-refractivity contribution >= 4 is 11.9 Å². The molecule has 24 heavy (non-hydrogen) atoms. The molecule has 1 aliphatic rings. The zero-order valence-corrected chi connectivity index (χ0v) is 14.2. The van der Waals surface area contributed by atoms with Gasteiger partial charge in [-0.3, -0.25) is 4.79 Å². The minimum absolute atomic E-state index is 0.0235. The first-order valence-corrected chi connectivity index (χ1v) is 8.03. The number of benzene rings is 1. The first-order chi connectivity index (χ1) is 11.5. The Morgan fingerprint density at radius 2 is 1.88 bits per heavy atom. The summed E-state index contributed by atoms with van der Waals surface area (Å²) < 4.78 is 16.4. The van der Waals surface area contributed by atoms with Gasteiger partial charge in [-0.15, -0.1) is 0 Å². The van der Waals surface area contributed by atoms with Crippen LogP contribution < -0.4 is 9.47 Å². The highest BCUT2D eigenvalue weighted by atomic mass is 16.5. The summed E-state index contributed by atoms with van der Waals surface area (Å²) in [7, 11) is 0. The molecule has 1 amide bonds. The van der Waals surface area contributed by atoms with E-state index in [2.05, 4.69) is 0 Å². The summed E-state index contributed by atoms with van der Waals surface area (Å²) in [6.07, 6.45) is -1.34. The third-order valence-electron chi connectivity index (χ3n) is 3.61. The Labute approximate surface area is 141 Å². The lowest BCUT2D eigenvalue weighted by Crippen LogP contribution is -2.51. The fourth-order valence-corrected chi connectivity index (χ4v) is 2.62. The van der Waals surface area contributed by atoms with Crippen LogP contribution in [0.3, 0.4) is 0 Å². The highest BCUT2D eigenvalue weighted by Crippen LogP contribution is 2.29. The van der Waals surface area contributed by atoms with E-state index in [9.17, 15) is 9.59 Å². The number of ether oxygens (including phenoxy) is 3. The average Bonchev–Trinajstić information content (AvgIpc) is 2.55. The summed E-state index contributed by atoms with van der Waals surface area (Å²) in [5, 5.41) is 9.14. The molecule has 0 spiro atoms. The monoisotopic (exact) mass is 337 g/mol. The second-order valence-corrected chi connectivity index (χ2v) is 5.51. The van der Waals surface area contributed by atoms with Gasteiger partial charge in [-0.25, -0.2) is 4.79 Å². The summed E-state index contributed by atoms with van der Waals surface area (Å²) in [4.78, 5) is 25.4. The number of hydrogen-bond donors (Lipinski definition) is 1. The molecular weight excluding hydrogens is 314 g/mol. The van der Waals surface area contributed by atoms with Gasteiger partial charge in [0.15, 0.2) is 17.6 Å². The Morgan fingerprint density at radius 1 is 1.21 bits per heavy atom. The summed E-state index contributed by atoms with van der Waals surface area (Å²) in [6.45, 7) is 6.79. The van der Waals surface area contributed by atoms with Crippen molar-refractivity contribution in [2.24, 2.45) is 0 Å². The van der Waals surface area contributed by atoms with Gasteiger partial charge in [-0.1, -0.05) is 0 Å². The van der Waals surface area contributed by atoms with E-state index in [0.717, 1.165) is 0 Å². The molecule has 1 aliphatic heterocycles. The molecule has 1 saturated heterocycles. The van der Waals surface area contributed by atoms with Crippen LogP contribution in [-0.2, 0) is 9.53 Å². The summed E-state index contributed by atoms with van der Waals surface area (Å²) >= 11 is 0. The molecule has 1 N–H and O–H groups in total. The van der Waals surface area contributed by atoms with Crippen LogP contribution in [0.2, 0.25) is 0 Å². The number of hydrogen-bond acceptors (Lipinski definition) is 5. The van der Waals surface area contributed by atoms with E-state index in [0.29, 0.717) is 36.8 Å². The number of nitrogens with zero attached hydrogens (tertiary/aromatic N) is 1. The molecule has 7 nitrogen and oxygen atoms in total. The standard InChI is InChI=1S/C17H23NO6/c1-4-22-13-7-6-12(8-14(13)23-5-2)16(19)18-9-11(3)24-15(10-18)17(20)21/h6-8,11,15H,4-5,9-10H2,1-3H3,(H,20,21)/t11-,15?/m1/s1. The Balaban J connectivity index is 2.21. The zero-order chi connectivity index (χ0) is 17.7. The average molecular weight is 337 g/mol. The minimum Gasteiger partial charge on any atom is -0.490 e. The van der Waals surface area contributed by atoms with E-state index in [1.807, 2.05) is 13.8 Å². The molecule has 7 heteroatoms. The van der Waals surface area contributed by atoms with Crippen LogP contribution in [0.25, 0.3) is 0 Å². The van der Waals surface area contributed by atoms with Crippen molar-refractivity contribution in [2.45, 2.75) is 33.0 Å². The normalized spacial score (nSPS) is 20.5. The molecule has 0 radical (unpaired) electrons. The van der Waals surface area contributed by atoms with Gasteiger partial charge in [0.2, 0.25) is 0 Å². The number of rotatable bonds is 6. The molecule has 1 unspecified atom stereocenters. The molecule has 1 heterocycles. The molecule has 1 aromatic carbocycles. The first kappa shape index (κ1) is 18.1. The van der Waals surface area contributed by atoms with E-state index in [4.69, 9.17) is 19.3 Å². The van der Waals surface area contributed by atoms with Gasteiger partial charge in [-0.05, 0) is 39.0 Å². The summed E-state index contributed by atoms with van der Waals surface area (Å²) in [5.74, 6) is -0.239. The van der Waals surface area contributed by atoms with E-state index >= 15 is 0 Å². The van der Waals surface area contributed by atoms with Gasteiger partial charge in [0.1, 0.15) is 0 Å². The molecule has 132 valence electrons. The number of aliphatic carboxylic acids is 1. The number of carbonyl (C=O) groups excluding carboxylic acids is 1. The van der Waals surface area contributed by atoms with Crippen LogP contribution in [-0.4, -0.2) is 60.4 Å². The van der Waals surface area contributed by atoms with Crippen molar-refractivity contribution in [2.75, 3.05) is 26.3 Å². The fraction of sp³-hybridized carbons (Fsp3) is 0.529. The maximum absolute atomic E-state index is 12.7. The van der Waals surface area contributed by atoms with Crippen LogP contribution in [0, 0.1) is 0 Å². The number of morpholine rings is 1. The lowest BCUT2D eigenvalue weighted by atomic mass is 10.1. The van der Waals surface area contributed by atoms with Gasteiger partial charge in [0, 0.05) is 12.1 Å². The topological polar surface area (TPSA) is 85.3 Å². The number of amides is 1. The number of carbonyl (C=O) groups is 2. The lowest BCUT2D eigenvalue weighted by molar-refractivity contribution is -0.160. The summed E-state index contributed by atoms with van der Waals surface area (Å²) in [6, 6.07) is 4.98. The zero-order valence-electron chi connectivity index (χ0n) is 14.2. The van der Waals surface area contributed by atoms with Crippen molar-refractivity contribution in [1.82, 2.24) is 4.90 Å².